The molecular weight excluding hydrogens is 208 g/mol. The molecular formula is C11H22O3Si. The van der Waals surface area contributed by atoms with Crippen LogP contribution in [0.2, 0.25) is 18.1 Å². The molecule has 0 aromatic heterocycles. The van der Waals surface area contributed by atoms with Crippen molar-refractivity contribution in [3.63, 3.8) is 0 Å². The topological polar surface area (TPSA) is 35.5 Å². The van der Waals surface area contributed by atoms with Gasteiger partial charge in [0, 0.05) is 0 Å². The summed E-state index contributed by atoms with van der Waals surface area (Å²) < 4.78 is 10.5. The highest BCUT2D eigenvalue weighted by atomic mass is 28.4. The zero-order chi connectivity index (χ0) is 12.1. The highest BCUT2D eigenvalue weighted by Crippen LogP contribution is 2.36. The molecule has 0 bridgehead atoms. The Kier molecular flexibility index (Phi) is 5.07. The zero-order valence-electron chi connectivity index (χ0n) is 10.6. The summed E-state index contributed by atoms with van der Waals surface area (Å²) in [5.41, 5.74) is 0. The SMILES string of the molecule is CC=COCC(=O)O[Si](C)(C)C(C)(C)C. The molecule has 4 heteroatoms. The quantitative estimate of drug-likeness (QED) is 0.550. The molecule has 0 rings (SSSR count). The summed E-state index contributed by atoms with van der Waals surface area (Å²) in [6.07, 6.45) is 3.23. The first-order valence-corrected chi connectivity index (χ1v) is 8.06. The number of carbonyl (C=O) groups excluding carboxylic acids is 1. The Bertz CT molecular complexity index is 239. The van der Waals surface area contributed by atoms with E-state index in [1.165, 1.54) is 6.26 Å². The van der Waals surface area contributed by atoms with Crippen molar-refractivity contribution >= 4 is 14.3 Å². The lowest BCUT2D eigenvalue weighted by molar-refractivity contribution is -0.138. The predicted octanol–water partition coefficient (Wildman–Crippen LogP) is 3.09. The maximum atomic E-state index is 11.4. The van der Waals surface area contributed by atoms with Gasteiger partial charge in [-0.25, -0.2) is 4.79 Å². The van der Waals surface area contributed by atoms with Crippen LogP contribution in [0.1, 0.15) is 27.7 Å². The minimum Gasteiger partial charge on any atom is -0.517 e. The average Bonchev–Trinajstić information content (AvgIpc) is 2.01. The van der Waals surface area contributed by atoms with Gasteiger partial charge in [-0.2, -0.15) is 0 Å². The van der Waals surface area contributed by atoms with Crippen molar-refractivity contribution in [1.82, 2.24) is 0 Å². The number of ether oxygens (including phenoxy) is 1. The van der Waals surface area contributed by atoms with Crippen LogP contribution < -0.4 is 0 Å². The predicted molar refractivity (Wildman–Crippen MR) is 64.1 cm³/mol. The number of carbonyl (C=O) groups is 1. The Hall–Kier alpha value is -0.773. The molecule has 0 spiro atoms. The summed E-state index contributed by atoms with van der Waals surface area (Å²) in [6.45, 7) is 12.2. The van der Waals surface area contributed by atoms with E-state index >= 15 is 0 Å². The van der Waals surface area contributed by atoms with Gasteiger partial charge < -0.3 is 9.16 Å². The summed E-state index contributed by atoms with van der Waals surface area (Å²) in [5.74, 6) is -0.278. The fourth-order valence-electron chi connectivity index (χ4n) is 0.680. The third-order valence-corrected chi connectivity index (χ3v) is 6.96. The smallest absolute Gasteiger partial charge is 0.330 e. The van der Waals surface area contributed by atoms with Gasteiger partial charge >= 0.3 is 5.97 Å². The molecule has 0 N–H and O–H groups in total. The van der Waals surface area contributed by atoms with E-state index in [4.69, 9.17) is 9.16 Å². The van der Waals surface area contributed by atoms with Crippen LogP contribution in [-0.4, -0.2) is 20.9 Å². The van der Waals surface area contributed by atoms with E-state index < -0.39 is 8.32 Å². The van der Waals surface area contributed by atoms with Gasteiger partial charge in [-0.05, 0) is 25.1 Å². The molecule has 88 valence electrons. The summed E-state index contributed by atoms with van der Waals surface area (Å²) in [7, 11) is -1.98. The molecule has 15 heavy (non-hydrogen) atoms. The van der Waals surface area contributed by atoms with Crippen molar-refractivity contribution in [2.75, 3.05) is 6.61 Å². The van der Waals surface area contributed by atoms with Gasteiger partial charge in [-0.15, -0.1) is 0 Å². The van der Waals surface area contributed by atoms with E-state index in [9.17, 15) is 4.79 Å². The van der Waals surface area contributed by atoms with Crippen molar-refractivity contribution < 1.29 is 14.0 Å². The van der Waals surface area contributed by atoms with Gasteiger partial charge in [-0.1, -0.05) is 26.8 Å². The van der Waals surface area contributed by atoms with Crippen LogP contribution in [0, 0.1) is 0 Å². The molecule has 0 aliphatic heterocycles. The standard InChI is InChI=1S/C11H22O3Si/c1-7-8-13-9-10(12)14-15(5,6)11(2,3)4/h7-8H,9H2,1-6H3. The third kappa shape index (κ3) is 5.02. The third-order valence-electron chi connectivity index (χ3n) is 2.61. The molecule has 0 aliphatic rings. The molecule has 3 nitrogen and oxygen atoms in total. The van der Waals surface area contributed by atoms with Gasteiger partial charge in [0.2, 0.25) is 0 Å². The number of allylic oxidation sites excluding steroid dienone is 1. The fourth-order valence-corrected chi connectivity index (χ4v) is 1.61. The largest absolute Gasteiger partial charge is 0.517 e. The van der Waals surface area contributed by atoms with Crippen LogP contribution in [0.15, 0.2) is 12.3 Å². The summed E-state index contributed by atoms with van der Waals surface area (Å²) in [5, 5.41) is 0.0449. The summed E-state index contributed by atoms with van der Waals surface area (Å²) >= 11 is 0. The highest BCUT2D eigenvalue weighted by molar-refractivity contribution is 6.75. The van der Waals surface area contributed by atoms with Crippen molar-refractivity contribution in [3.05, 3.63) is 12.3 Å². The Morgan fingerprint density at radius 2 is 1.87 bits per heavy atom. The van der Waals surface area contributed by atoms with E-state index in [-0.39, 0.29) is 17.6 Å². The first-order chi connectivity index (χ1) is 6.70. The minimum atomic E-state index is -1.98. The van der Waals surface area contributed by atoms with E-state index in [0.717, 1.165) is 0 Å². The Labute approximate surface area is 93.6 Å². The molecule has 0 atom stereocenters. The van der Waals surface area contributed by atoms with Crippen LogP contribution in [0.5, 0.6) is 0 Å². The van der Waals surface area contributed by atoms with Crippen LogP contribution in [0.25, 0.3) is 0 Å². The number of rotatable bonds is 4. The monoisotopic (exact) mass is 230 g/mol. The molecule has 0 fully saturated rings. The van der Waals surface area contributed by atoms with Crippen molar-refractivity contribution in [2.45, 2.75) is 45.8 Å². The van der Waals surface area contributed by atoms with Gasteiger partial charge in [0.1, 0.15) is 0 Å². The van der Waals surface area contributed by atoms with Gasteiger partial charge in [0.25, 0.3) is 8.32 Å². The summed E-state index contributed by atoms with van der Waals surface area (Å²) in [6, 6.07) is 0. The Morgan fingerprint density at radius 3 is 2.27 bits per heavy atom. The van der Waals surface area contributed by atoms with Crippen molar-refractivity contribution in [2.24, 2.45) is 0 Å². The Balaban J connectivity index is 4.17. The lowest BCUT2D eigenvalue weighted by atomic mass is 10.2. The first kappa shape index (κ1) is 14.2. The van der Waals surface area contributed by atoms with Crippen molar-refractivity contribution in [3.8, 4) is 0 Å². The highest BCUT2D eigenvalue weighted by Gasteiger charge is 2.40. The zero-order valence-corrected chi connectivity index (χ0v) is 11.6. The van der Waals surface area contributed by atoms with E-state index in [1.807, 2.05) is 20.0 Å². The van der Waals surface area contributed by atoms with Gasteiger partial charge in [0.05, 0.1) is 6.26 Å². The average molecular weight is 230 g/mol. The van der Waals surface area contributed by atoms with Crippen LogP contribution in [-0.2, 0) is 14.0 Å². The fraction of sp³-hybridized carbons (Fsp3) is 0.727. The van der Waals surface area contributed by atoms with Crippen LogP contribution in [0.3, 0.4) is 0 Å². The molecule has 0 saturated carbocycles. The van der Waals surface area contributed by atoms with Gasteiger partial charge in [-0.3, -0.25) is 0 Å². The lowest BCUT2D eigenvalue weighted by Gasteiger charge is -2.35. The van der Waals surface area contributed by atoms with Gasteiger partial charge in [0.15, 0.2) is 6.61 Å². The van der Waals surface area contributed by atoms with Crippen LogP contribution >= 0.6 is 0 Å². The molecule has 0 amide bonds. The van der Waals surface area contributed by atoms with Crippen LogP contribution in [0.4, 0.5) is 0 Å². The molecule has 0 radical (unpaired) electrons. The first-order valence-electron chi connectivity index (χ1n) is 5.15. The van der Waals surface area contributed by atoms with Crippen molar-refractivity contribution in [1.29, 1.82) is 0 Å². The van der Waals surface area contributed by atoms with E-state index in [2.05, 4.69) is 20.8 Å². The normalized spacial score (nSPS) is 12.9. The molecule has 0 unspecified atom stereocenters. The molecule has 0 aromatic carbocycles. The molecule has 0 aliphatic carbocycles. The van der Waals surface area contributed by atoms with E-state index in [0.29, 0.717) is 0 Å². The number of hydrogen-bond acceptors (Lipinski definition) is 3. The second-order valence-corrected chi connectivity index (χ2v) is 9.74. The molecule has 0 heterocycles. The summed E-state index contributed by atoms with van der Waals surface area (Å²) in [4.78, 5) is 11.4. The molecule has 0 saturated heterocycles. The minimum absolute atomic E-state index is 0.00313. The maximum Gasteiger partial charge on any atom is 0.330 e. The second kappa shape index (κ2) is 5.35. The maximum absolute atomic E-state index is 11.4. The number of hydrogen-bond donors (Lipinski definition) is 0. The Morgan fingerprint density at radius 1 is 1.33 bits per heavy atom. The van der Waals surface area contributed by atoms with E-state index in [1.54, 1.807) is 6.08 Å². The lowest BCUT2D eigenvalue weighted by Crippen LogP contribution is -2.43. The molecule has 0 aromatic rings. The second-order valence-electron chi connectivity index (χ2n) is 5.01.